The third-order valence-corrected chi connectivity index (χ3v) is 5.47. The minimum atomic E-state index is -2.79. The van der Waals surface area contributed by atoms with Gasteiger partial charge in [-0.15, -0.1) is 0 Å². The van der Waals surface area contributed by atoms with E-state index < -0.39 is 9.84 Å². The van der Waals surface area contributed by atoms with Crippen molar-refractivity contribution >= 4 is 9.84 Å². The maximum Gasteiger partial charge on any atom is 0.161 e. The standard InChI is InChI=1S/C14H19NO4S/c16-20(17)7-5-11(6-8-20)15-9-12-10-18-13-3-1-2-4-14(13)19-12/h1-4,11-12,15H,5-10H2. The van der Waals surface area contributed by atoms with Crippen molar-refractivity contribution in [3.8, 4) is 11.5 Å². The summed E-state index contributed by atoms with van der Waals surface area (Å²) in [6.45, 7) is 1.20. The van der Waals surface area contributed by atoms with E-state index in [4.69, 9.17) is 9.47 Å². The summed E-state index contributed by atoms with van der Waals surface area (Å²) in [5.41, 5.74) is 0. The van der Waals surface area contributed by atoms with Crippen molar-refractivity contribution < 1.29 is 17.9 Å². The Balaban J connectivity index is 1.49. The van der Waals surface area contributed by atoms with Gasteiger partial charge in [-0.25, -0.2) is 8.42 Å². The van der Waals surface area contributed by atoms with Crippen molar-refractivity contribution in [1.29, 1.82) is 0 Å². The van der Waals surface area contributed by atoms with Crippen LogP contribution in [0.5, 0.6) is 11.5 Å². The van der Waals surface area contributed by atoms with E-state index in [1.807, 2.05) is 24.3 Å². The molecule has 1 aromatic carbocycles. The number of fused-ring (bicyclic) bond motifs is 1. The fraction of sp³-hybridized carbons (Fsp3) is 0.571. The predicted molar refractivity (Wildman–Crippen MR) is 76.0 cm³/mol. The third-order valence-electron chi connectivity index (χ3n) is 3.76. The Hall–Kier alpha value is -1.27. The van der Waals surface area contributed by atoms with Crippen molar-refractivity contribution in [2.45, 2.75) is 25.0 Å². The van der Waals surface area contributed by atoms with Crippen LogP contribution >= 0.6 is 0 Å². The van der Waals surface area contributed by atoms with Crippen LogP contribution in [-0.4, -0.2) is 45.2 Å². The molecule has 1 N–H and O–H groups in total. The second-order valence-electron chi connectivity index (χ2n) is 5.33. The number of benzene rings is 1. The van der Waals surface area contributed by atoms with Gasteiger partial charge in [-0.1, -0.05) is 12.1 Å². The first kappa shape index (κ1) is 13.7. The molecule has 20 heavy (non-hydrogen) atoms. The van der Waals surface area contributed by atoms with Crippen molar-refractivity contribution in [3.63, 3.8) is 0 Å². The zero-order valence-electron chi connectivity index (χ0n) is 11.2. The Bertz CT molecular complexity index is 558. The van der Waals surface area contributed by atoms with E-state index in [1.54, 1.807) is 0 Å². The van der Waals surface area contributed by atoms with Gasteiger partial charge >= 0.3 is 0 Å². The normalized spacial score (nSPS) is 25.3. The van der Waals surface area contributed by atoms with Crippen LogP contribution in [0.3, 0.4) is 0 Å². The average Bonchev–Trinajstić information content (AvgIpc) is 2.46. The number of rotatable bonds is 3. The van der Waals surface area contributed by atoms with Crippen LogP contribution in [-0.2, 0) is 9.84 Å². The molecule has 2 aliphatic rings. The van der Waals surface area contributed by atoms with Gasteiger partial charge in [-0.05, 0) is 25.0 Å². The van der Waals surface area contributed by atoms with Gasteiger partial charge in [0, 0.05) is 12.6 Å². The maximum atomic E-state index is 11.4. The molecule has 0 amide bonds. The van der Waals surface area contributed by atoms with Gasteiger partial charge in [0.1, 0.15) is 22.5 Å². The van der Waals surface area contributed by atoms with Gasteiger partial charge in [0.15, 0.2) is 11.5 Å². The first-order chi connectivity index (χ1) is 9.62. The summed E-state index contributed by atoms with van der Waals surface area (Å²) in [5.74, 6) is 2.13. The van der Waals surface area contributed by atoms with Gasteiger partial charge in [-0.2, -0.15) is 0 Å². The molecule has 1 fully saturated rings. The second kappa shape index (κ2) is 5.61. The summed E-state index contributed by atoms with van der Waals surface area (Å²) in [5, 5.41) is 3.39. The molecule has 1 saturated heterocycles. The highest BCUT2D eigenvalue weighted by atomic mass is 32.2. The topological polar surface area (TPSA) is 64.6 Å². The molecule has 0 aliphatic carbocycles. The Labute approximate surface area is 119 Å². The molecule has 0 saturated carbocycles. The van der Waals surface area contributed by atoms with E-state index in [9.17, 15) is 8.42 Å². The van der Waals surface area contributed by atoms with Crippen LogP contribution in [0.1, 0.15) is 12.8 Å². The lowest BCUT2D eigenvalue weighted by molar-refractivity contribution is 0.0878. The highest BCUT2D eigenvalue weighted by molar-refractivity contribution is 7.91. The summed E-state index contributed by atoms with van der Waals surface area (Å²) in [6.07, 6.45) is 1.35. The molecule has 6 heteroatoms. The Morgan fingerprint density at radius 3 is 2.60 bits per heavy atom. The molecular formula is C14H19NO4S. The van der Waals surface area contributed by atoms with Crippen molar-refractivity contribution in [2.75, 3.05) is 24.7 Å². The summed E-state index contributed by atoms with van der Waals surface area (Å²) < 4.78 is 34.2. The van der Waals surface area contributed by atoms with Gasteiger partial charge in [0.2, 0.25) is 0 Å². The van der Waals surface area contributed by atoms with E-state index in [1.165, 1.54) is 0 Å². The van der Waals surface area contributed by atoms with E-state index in [2.05, 4.69) is 5.32 Å². The van der Waals surface area contributed by atoms with Crippen LogP contribution in [0.2, 0.25) is 0 Å². The van der Waals surface area contributed by atoms with Crippen molar-refractivity contribution in [1.82, 2.24) is 5.32 Å². The molecule has 1 aromatic rings. The Morgan fingerprint density at radius 2 is 1.85 bits per heavy atom. The van der Waals surface area contributed by atoms with E-state index in [-0.39, 0.29) is 23.7 Å². The molecule has 0 bridgehead atoms. The largest absolute Gasteiger partial charge is 0.486 e. The van der Waals surface area contributed by atoms with Gasteiger partial charge in [0.25, 0.3) is 0 Å². The Kier molecular flexibility index (Phi) is 3.85. The number of ether oxygens (including phenoxy) is 2. The quantitative estimate of drug-likeness (QED) is 0.901. The van der Waals surface area contributed by atoms with Crippen molar-refractivity contribution in [3.05, 3.63) is 24.3 Å². The highest BCUT2D eigenvalue weighted by Gasteiger charge is 2.25. The molecule has 1 unspecified atom stereocenters. The molecular weight excluding hydrogens is 278 g/mol. The minimum absolute atomic E-state index is 0.0246. The zero-order chi connectivity index (χ0) is 14.0. The van der Waals surface area contributed by atoms with Crippen molar-refractivity contribution in [2.24, 2.45) is 0 Å². The molecule has 0 radical (unpaired) electrons. The first-order valence-electron chi connectivity index (χ1n) is 6.95. The third kappa shape index (κ3) is 3.24. The fourth-order valence-electron chi connectivity index (χ4n) is 2.56. The summed E-state index contributed by atoms with van der Waals surface area (Å²) in [6, 6.07) is 7.90. The molecule has 1 atom stereocenters. The lowest BCUT2D eigenvalue weighted by Gasteiger charge is -2.29. The zero-order valence-corrected chi connectivity index (χ0v) is 12.1. The monoisotopic (exact) mass is 297 g/mol. The number of hydrogen-bond donors (Lipinski definition) is 1. The summed E-state index contributed by atoms with van der Waals surface area (Å²) >= 11 is 0. The Morgan fingerprint density at radius 1 is 1.15 bits per heavy atom. The molecule has 0 aromatic heterocycles. The van der Waals surface area contributed by atoms with Crippen LogP contribution in [0, 0.1) is 0 Å². The number of para-hydroxylation sites is 2. The van der Waals surface area contributed by atoms with E-state index in [0.29, 0.717) is 26.0 Å². The molecule has 5 nitrogen and oxygen atoms in total. The fourth-order valence-corrected chi connectivity index (χ4v) is 4.05. The van der Waals surface area contributed by atoms with Gasteiger partial charge in [-0.3, -0.25) is 0 Å². The molecule has 110 valence electrons. The number of sulfone groups is 1. The lowest BCUT2D eigenvalue weighted by atomic mass is 10.1. The highest BCUT2D eigenvalue weighted by Crippen LogP contribution is 2.30. The molecule has 3 rings (SSSR count). The number of hydrogen-bond acceptors (Lipinski definition) is 5. The van der Waals surface area contributed by atoms with Crippen LogP contribution in [0.4, 0.5) is 0 Å². The van der Waals surface area contributed by atoms with Crippen LogP contribution in [0.15, 0.2) is 24.3 Å². The average molecular weight is 297 g/mol. The summed E-state index contributed by atoms with van der Waals surface area (Å²) in [7, 11) is -2.79. The first-order valence-corrected chi connectivity index (χ1v) is 8.77. The lowest BCUT2D eigenvalue weighted by Crippen LogP contribution is -2.45. The number of nitrogens with one attached hydrogen (secondary N) is 1. The van der Waals surface area contributed by atoms with Gasteiger partial charge < -0.3 is 14.8 Å². The van der Waals surface area contributed by atoms with Crippen LogP contribution in [0.25, 0.3) is 0 Å². The molecule has 2 aliphatic heterocycles. The predicted octanol–water partition coefficient (Wildman–Crippen LogP) is 0.993. The SMILES string of the molecule is O=S1(=O)CCC(NCC2COc3ccccc3O2)CC1. The van der Waals surface area contributed by atoms with E-state index in [0.717, 1.165) is 11.5 Å². The molecule has 0 spiro atoms. The van der Waals surface area contributed by atoms with Gasteiger partial charge in [0.05, 0.1) is 11.5 Å². The molecule has 2 heterocycles. The van der Waals surface area contributed by atoms with E-state index >= 15 is 0 Å². The minimum Gasteiger partial charge on any atom is -0.486 e. The second-order valence-corrected chi connectivity index (χ2v) is 7.64. The smallest absolute Gasteiger partial charge is 0.161 e. The van der Waals surface area contributed by atoms with Crippen LogP contribution < -0.4 is 14.8 Å². The maximum absolute atomic E-state index is 11.4. The summed E-state index contributed by atoms with van der Waals surface area (Å²) in [4.78, 5) is 0.